The lowest BCUT2D eigenvalue weighted by molar-refractivity contribution is -0.167. The molecule has 0 bridgehead atoms. The number of rotatable bonds is 8. The van der Waals surface area contributed by atoms with Gasteiger partial charge in [-0.3, -0.25) is 4.79 Å². The number of amides is 1. The topological polar surface area (TPSA) is 73.9 Å². The molecule has 1 aliphatic rings. The van der Waals surface area contributed by atoms with Crippen molar-refractivity contribution >= 4 is 35.1 Å². The van der Waals surface area contributed by atoms with Crippen LogP contribution in [0.2, 0.25) is 10.0 Å². The van der Waals surface area contributed by atoms with Gasteiger partial charge in [0.15, 0.2) is 6.61 Å². The number of aryl methyl sites for hydroxylation is 1. The highest BCUT2D eigenvalue weighted by Gasteiger charge is 2.27. The Balaban J connectivity index is 1.39. The third-order valence-corrected chi connectivity index (χ3v) is 5.86. The zero-order valence-electron chi connectivity index (χ0n) is 18.2. The van der Waals surface area contributed by atoms with Gasteiger partial charge in [-0.15, -0.1) is 0 Å². The SMILES string of the molecule is O=C(COC(=O)C(Oc1ccc(Cl)cc1)Oc1ccc(Cl)cc1)N[C@H]1CCCc2ccccc21. The molecule has 1 N–H and O–H groups in total. The molecule has 1 aliphatic carbocycles. The highest BCUT2D eigenvalue weighted by molar-refractivity contribution is 6.30. The fraction of sp³-hybridized carbons (Fsp3) is 0.231. The monoisotopic (exact) mass is 499 g/mol. The number of hydrogen-bond donors (Lipinski definition) is 1. The maximum atomic E-state index is 12.8. The van der Waals surface area contributed by atoms with Crippen molar-refractivity contribution in [3.8, 4) is 11.5 Å². The van der Waals surface area contributed by atoms with E-state index in [1.807, 2.05) is 18.2 Å². The molecule has 3 aromatic rings. The minimum atomic E-state index is -1.44. The average molecular weight is 500 g/mol. The van der Waals surface area contributed by atoms with Gasteiger partial charge >= 0.3 is 12.3 Å². The van der Waals surface area contributed by atoms with Gasteiger partial charge < -0.3 is 19.5 Å². The summed E-state index contributed by atoms with van der Waals surface area (Å²) >= 11 is 11.8. The molecule has 34 heavy (non-hydrogen) atoms. The highest BCUT2D eigenvalue weighted by atomic mass is 35.5. The predicted molar refractivity (Wildman–Crippen MR) is 129 cm³/mol. The van der Waals surface area contributed by atoms with E-state index in [0.717, 1.165) is 24.8 Å². The normalized spacial score (nSPS) is 14.7. The van der Waals surface area contributed by atoms with Crippen LogP contribution in [0, 0.1) is 0 Å². The maximum Gasteiger partial charge on any atom is 0.390 e. The van der Waals surface area contributed by atoms with Crippen LogP contribution in [-0.4, -0.2) is 24.8 Å². The van der Waals surface area contributed by atoms with Gasteiger partial charge in [-0.05, 0) is 78.9 Å². The number of carbonyl (C=O) groups excluding carboxylic acids is 2. The van der Waals surface area contributed by atoms with Crippen molar-refractivity contribution in [1.82, 2.24) is 5.32 Å². The Bertz CT molecular complexity index is 1090. The molecule has 4 rings (SSSR count). The molecular formula is C26H23Cl2NO5. The molecule has 0 fully saturated rings. The van der Waals surface area contributed by atoms with E-state index in [0.29, 0.717) is 21.5 Å². The second-order valence-electron chi connectivity index (χ2n) is 7.79. The number of benzene rings is 3. The van der Waals surface area contributed by atoms with Gasteiger partial charge in [0, 0.05) is 10.0 Å². The summed E-state index contributed by atoms with van der Waals surface area (Å²) in [5, 5.41) is 3.99. The van der Waals surface area contributed by atoms with Crippen LogP contribution in [0.15, 0.2) is 72.8 Å². The largest absolute Gasteiger partial charge is 0.450 e. The minimum Gasteiger partial charge on any atom is -0.450 e. The van der Waals surface area contributed by atoms with Crippen LogP contribution in [0.1, 0.15) is 30.0 Å². The molecule has 0 spiro atoms. The number of halogens is 2. The lowest BCUT2D eigenvalue weighted by atomic mass is 9.88. The van der Waals surface area contributed by atoms with Crippen molar-refractivity contribution in [2.45, 2.75) is 31.6 Å². The summed E-state index contributed by atoms with van der Waals surface area (Å²) in [5.74, 6) is -0.539. The Kier molecular flexibility index (Phi) is 7.93. The van der Waals surface area contributed by atoms with E-state index in [4.69, 9.17) is 37.4 Å². The Hall–Kier alpha value is -3.22. The maximum absolute atomic E-state index is 12.8. The van der Waals surface area contributed by atoms with Gasteiger partial charge in [-0.2, -0.15) is 0 Å². The average Bonchev–Trinajstić information content (AvgIpc) is 2.85. The summed E-state index contributed by atoms with van der Waals surface area (Å²) in [7, 11) is 0. The van der Waals surface area contributed by atoms with Crippen molar-refractivity contribution < 1.29 is 23.8 Å². The van der Waals surface area contributed by atoms with Crippen molar-refractivity contribution in [3.63, 3.8) is 0 Å². The van der Waals surface area contributed by atoms with E-state index in [9.17, 15) is 9.59 Å². The van der Waals surface area contributed by atoms with E-state index in [1.165, 1.54) is 5.56 Å². The van der Waals surface area contributed by atoms with Crippen molar-refractivity contribution in [3.05, 3.63) is 94.0 Å². The predicted octanol–water partition coefficient (Wildman–Crippen LogP) is 5.51. The van der Waals surface area contributed by atoms with Gasteiger partial charge in [0.2, 0.25) is 0 Å². The Labute approximate surface area is 207 Å². The van der Waals surface area contributed by atoms with Gasteiger partial charge in [0.05, 0.1) is 6.04 Å². The molecule has 1 atom stereocenters. The van der Waals surface area contributed by atoms with E-state index in [2.05, 4.69) is 11.4 Å². The van der Waals surface area contributed by atoms with Crippen molar-refractivity contribution in [1.29, 1.82) is 0 Å². The molecule has 0 aromatic heterocycles. The first kappa shape index (κ1) is 23.9. The lowest BCUT2D eigenvalue weighted by Crippen LogP contribution is -2.39. The summed E-state index contributed by atoms with van der Waals surface area (Å²) in [5.41, 5.74) is 2.33. The molecule has 0 radical (unpaired) electrons. The van der Waals surface area contributed by atoms with Crippen LogP contribution in [0.4, 0.5) is 0 Å². The fourth-order valence-corrected chi connectivity index (χ4v) is 3.99. The highest BCUT2D eigenvalue weighted by Crippen LogP contribution is 2.29. The number of fused-ring (bicyclic) bond motifs is 1. The van der Waals surface area contributed by atoms with E-state index in [-0.39, 0.29) is 6.04 Å². The Morgan fingerprint density at radius 3 is 2.09 bits per heavy atom. The fourth-order valence-electron chi connectivity index (χ4n) is 3.74. The Morgan fingerprint density at radius 2 is 1.47 bits per heavy atom. The summed E-state index contributed by atoms with van der Waals surface area (Å²) in [6.07, 6.45) is 1.36. The molecule has 0 saturated heterocycles. The first-order valence-electron chi connectivity index (χ1n) is 10.9. The zero-order chi connectivity index (χ0) is 23.9. The molecule has 6 nitrogen and oxygen atoms in total. The number of nitrogens with one attached hydrogen (secondary N) is 1. The van der Waals surface area contributed by atoms with Crippen LogP contribution in [0.25, 0.3) is 0 Å². The van der Waals surface area contributed by atoms with Crippen LogP contribution >= 0.6 is 23.2 Å². The number of carbonyl (C=O) groups is 2. The number of ether oxygens (including phenoxy) is 3. The first-order valence-corrected chi connectivity index (χ1v) is 11.6. The molecule has 3 aromatic carbocycles. The second-order valence-corrected chi connectivity index (χ2v) is 8.67. The van der Waals surface area contributed by atoms with Gasteiger partial charge in [-0.1, -0.05) is 47.5 Å². The van der Waals surface area contributed by atoms with Gasteiger partial charge in [-0.25, -0.2) is 4.79 Å². The minimum absolute atomic E-state index is 0.109. The molecule has 0 unspecified atom stereocenters. The lowest BCUT2D eigenvalue weighted by Gasteiger charge is -2.26. The molecule has 8 heteroatoms. The summed E-state index contributed by atoms with van der Waals surface area (Å²) in [6, 6.07) is 20.8. The quantitative estimate of drug-likeness (QED) is 0.326. The van der Waals surface area contributed by atoms with Crippen LogP contribution in [0.3, 0.4) is 0 Å². The molecule has 176 valence electrons. The number of esters is 1. The molecule has 0 aliphatic heterocycles. The van der Waals surface area contributed by atoms with Crippen LogP contribution in [-0.2, 0) is 20.7 Å². The van der Waals surface area contributed by atoms with Crippen molar-refractivity contribution in [2.24, 2.45) is 0 Å². The molecule has 0 saturated carbocycles. The summed E-state index contributed by atoms with van der Waals surface area (Å²) < 4.78 is 16.6. The smallest absolute Gasteiger partial charge is 0.390 e. The summed E-state index contributed by atoms with van der Waals surface area (Å²) in [4.78, 5) is 25.3. The van der Waals surface area contributed by atoms with E-state index >= 15 is 0 Å². The Morgan fingerprint density at radius 1 is 0.882 bits per heavy atom. The van der Waals surface area contributed by atoms with Crippen molar-refractivity contribution in [2.75, 3.05) is 6.61 Å². The second kappa shape index (κ2) is 11.3. The van der Waals surface area contributed by atoms with E-state index < -0.39 is 24.8 Å². The molecular weight excluding hydrogens is 477 g/mol. The molecule has 1 amide bonds. The third kappa shape index (κ3) is 6.43. The summed E-state index contributed by atoms with van der Waals surface area (Å²) in [6.45, 7) is -0.456. The zero-order valence-corrected chi connectivity index (χ0v) is 19.7. The third-order valence-electron chi connectivity index (χ3n) is 5.36. The van der Waals surface area contributed by atoms with Gasteiger partial charge in [0.1, 0.15) is 11.5 Å². The van der Waals surface area contributed by atoms with Crippen LogP contribution < -0.4 is 14.8 Å². The molecule has 0 heterocycles. The number of hydrogen-bond acceptors (Lipinski definition) is 5. The first-order chi connectivity index (χ1) is 16.5. The van der Waals surface area contributed by atoms with Gasteiger partial charge in [0.25, 0.3) is 5.91 Å². The standard InChI is InChI=1S/C26H23Cl2NO5/c27-18-8-12-20(13-9-18)33-26(34-21-14-10-19(28)11-15-21)25(31)32-16-24(30)29-23-7-3-5-17-4-1-2-6-22(17)23/h1-2,4,6,8-15,23,26H,3,5,7,16H2,(H,29,30)/t23-/m0/s1. The van der Waals surface area contributed by atoms with Crippen LogP contribution in [0.5, 0.6) is 11.5 Å². The van der Waals surface area contributed by atoms with E-state index in [1.54, 1.807) is 48.5 Å².